The Hall–Kier alpha value is -1.44. The minimum atomic E-state index is -3.08. The Morgan fingerprint density at radius 3 is 2.63 bits per heavy atom. The fraction of sp³-hybridized carbons (Fsp3) is 0.727. The van der Waals surface area contributed by atoms with E-state index in [0.29, 0.717) is 13.1 Å². The minimum absolute atomic E-state index is 0.108. The average Bonchev–Trinajstić information content (AvgIpc) is 2.64. The molecule has 1 amide bonds. The Bertz CT molecular complexity index is 532. The normalized spacial score (nSPS) is 16.7. The van der Waals surface area contributed by atoms with Gasteiger partial charge in [0, 0.05) is 13.1 Å². The lowest BCUT2D eigenvalue weighted by Crippen LogP contribution is -2.58. The van der Waals surface area contributed by atoms with Gasteiger partial charge in [0.1, 0.15) is 19.2 Å². The number of likely N-dealkylation sites (tertiary alicyclic amines) is 1. The molecule has 0 aliphatic carbocycles. The van der Waals surface area contributed by atoms with E-state index in [0.717, 1.165) is 0 Å². The summed E-state index contributed by atoms with van der Waals surface area (Å²) < 4.78 is 25.3. The summed E-state index contributed by atoms with van der Waals surface area (Å²) >= 11 is 0. The third-order valence-corrected chi connectivity index (χ3v) is 5.48. The van der Waals surface area contributed by atoms with Gasteiger partial charge in [-0.25, -0.2) is 18.1 Å². The predicted octanol–water partition coefficient (Wildman–Crippen LogP) is -0.440. The number of hydrogen-bond acceptors (Lipinski definition) is 5. The van der Waals surface area contributed by atoms with E-state index >= 15 is 0 Å². The zero-order valence-electron chi connectivity index (χ0n) is 11.1. The SMILES string of the molecule is CC(C)CS(=O)(=O)C1CN(C(=O)Cn2cncn2)C1. The van der Waals surface area contributed by atoms with Gasteiger partial charge in [0.05, 0.1) is 11.0 Å². The van der Waals surface area contributed by atoms with Gasteiger partial charge < -0.3 is 4.90 Å². The molecule has 106 valence electrons. The first-order chi connectivity index (χ1) is 8.88. The van der Waals surface area contributed by atoms with Crippen LogP contribution < -0.4 is 0 Å². The first-order valence-corrected chi connectivity index (χ1v) is 7.92. The molecule has 1 saturated heterocycles. The molecule has 8 heteroatoms. The van der Waals surface area contributed by atoms with Crippen LogP contribution in [0, 0.1) is 5.92 Å². The zero-order chi connectivity index (χ0) is 14.0. The maximum absolute atomic E-state index is 11.9. The van der Waals surface area contributed by atoms with Gasteiger partial charge in [-0.1, -0.05) is 13.8 Å². The van der Waals surface area contributed by atoms with Crippen molar-refractivity contribution < 1.29 is 13.2 Å². The van der Waals surface area contributed by atoms with Gasteiger partial charge in [0.15, 0.2) is 9.84 Å². The van der Waals surface area contributed by atoms with E-state index in [9.17, 15) is 13.2 Å². The Kier molecular flexibility index (Phi) is 3.88. The third kappa shape index (κ3) is 3.31. The van der Waals surface area contributed by atoms with Crippen molar-refractivity contribution in [1.29, 1.82) is 0 Å². The van der Waals surface area contributed by atoms with Gasteiger partial charge in [-0.05, 0) is 5.92 Å². The standard InChI is InChI=1S/C11H18N4O3S/c1-9(2)6-19(17,18)10-3-14(4-10)11(16)5-15-8-12-7-13-15/h7-10H,3-6H2,1-2H3. The van der Waals surface area contributed by atoms with Gasteiger partial charge in [0.25, 0.3) is 0 Å². The molecule has 2 heterocycles. The molecular formula is C11H18N4O3S. The molecule has 0 unspecified atom stereocenters. The van der Waals surface area contributed by atoms with Crippen molar-refractivity contribution in [3.05, 3.63) is 12.7 Å². The Labute approximate surface area is 112 Å². The van der Waals surface area contributed by atoms with Crippen LogP contribution in [0.15, 0.2) is 12.7 Å². The Morgan fingerprint density at radius 2 is 2.11 bits per heavy atom. The lowest BCUT2D eigenvalue weighted by Gasteiger charge is -2.38. The topological polar surface area (TPSA) is 85.2 Å². The van der Waals surface area contributed by atoms with Crippen molar-refractivity contribution in [3.8, 4) is 0 Å². The molecule has 0 radical (unpaired) electrons. The van der Waals surface area contributed by atoms with Gasteiger partial charge in [-0.2, -0.15) is 5.10 Å². The average molecular weight is 286 g/mol. The number of sulfone groups is 1. The van der Waals surface area contributed by atoms with Crippen LogP contribution in [0.5, 0.6) is 0 Å². The maximum Gasteiger partial charge on any atom is 0.244 e. The van der Waals surface area contributed by atoms with E-state index in [-0.39, 0.29) is 24.1 Å². The van der Waals surface area contributed by atoms with Crippen LogP contribution in [-0.4, -0.2) is 58.1 Å². The fourth-order valence-corrected chi connectivity index (χ4v) is 4.04. The number of rotatable bonds is 5. The van der Waals surface area contributed by atoms with Crippen LogP contribution in [0.2, 0.25) is 0 Å². The van der Waals surface area contributed by atoms with Crippen LogP contribution in [0.1, 0.15) is 13.8 Å². The fourth-order valence-electron chi connectivity index (χ4n) is 2.02. The molecule has 0 bridgehead atoms. The molecular weight excluding hydrogens is 268 g/mol. The van der Waals surface area contributed by atoms with E-state index in [1.165, 1.54) is 17.3 Å². The molecule has 0 N–H and O–H groups in total. The highest BCUT2D eigenvalue weighted by atomic mass is 32.2. The van der Waals surface area contributed by atoms with Crippen molar-refractivity contribution >= 4 is 15.7 Å². The molecule has 1 aromatic rings. The van der Waals surface area contributed by atoms with Crippen molar-refractivity contribution in [2.75, 3.05) is 18.8 Å². The van der Waals surface area contributed by atoms with E-state index in [1.807, 2.05) is 13.8 Å². The first-order valence-electron chi connectivity index (χ1n) is 6.20. The van der Waals surface area contributed by atoms with Crippen LogP contribution in [0.4, 0.5) is 0 Å². The van der Waals surface area contributed by atoms with E-state index in [4.69, 9.17) is 0 Å². The lowest BCUT2D eigenvalue weighted by atomic mass is 10.2. The summed E-state index contributed by atoms with van der Waals surface area (Å²) in [6.07, 6.45) is 2.82. The second kappa shape index (κ2) is 5.28. The second-order valence-electron chi connectivity index (χ2n) is 5.24. The number of amides is 1. The van der Waals surface area contributed by atoms with Crippen molar-refractivity contribution in [3.63, 3.8) is 0 Å². The smallest absolute Gasteiger partial charge is 0.244 e. The van der Waals surface area contributed by atoms with Crippen LogP contribution in [0.25, 0.3) is 0 Å². The van der Waals surface area contributed by atoms with Gasteiger partial charge in [-0.3, -0.25) is 4.79 Å². The third-order valence-electron chi connectivity index (χ3n) is 3.04. The largest absolute Gasteiger partial charge is 0.338 e. The van der Waals surface area contributed by atoms with Crippen LogP contribution in [-0.2, 0) is 21.2 Å². The highest BCUT2D eigenvalue weighted by Crippen LogP contribution is 2.19. The van der Waals surface area contributed by atoms with Crippen molar-refractivity contribution in [1.82, 2.24) is 19.7 Å². The maximum atomic E-state index is 11.9. The van der Waals surface area contributed by atoms with Crippen molar-refractivity contribution in [2.24, 2.45) is 5.92 Å². The Balaban J connectivity index is 1.84. The van der Waals surface area contributed by atoms with E-state index in [1.54, 1.807) is 4.90 Å². The summed E-state index contributed by atoms with van der Waals surface area (Å²) in [6.45, 7) is 4.45. The van der Waals surface area contributed by atoms with Gasteiger partial charge in [-0.15, -0.1) is 0 Å². The predicted molar refractivity (Wildman–Crippen MR) is 69.0 cm³/mol. The zero-order valence-corrected chi connectivity index (χ0v) is 11.9. The Morgan fingerprint density at radius 1 is 1.42 bits per heavy atom. The summed E-state index contributed by atoms with van der Waals surface area (Å²) in [5, 5.41) is 3.44. The quantitative estimate of drug-likeness (QED) is 0.732. The van der Waals surface area contributed by atoms with E-state index in [2.05, 4.69) is 10.1 Å². The molecule has 0 atom stereocenters. The molecule has 0 aromatic carbocycles. The number of nitrogens with zero attached hydrogens (tertiary/aromatic N) is 4. The highest BCUT2D eigenvalue weighted by molar-refractivity contribution is 7.92. The summed E-state index contributed by atoms with van der Waals surface area (Å²) in [7, 11) is -3.08. The van der Waals surface area contributed by atoms with Gasteiger partial charge >= 0.3 is 0 Å². The molecule has 19 heavy (non-hydrogen) atoms. The summed E-state index contributed by atoms with van der Waals surface area (Å²) in [4.78, 5) is 17.1. The first kappa shape index (κ1) is 14.0. The van der Waals surface area contributed by atoms with E-state index < -0.39 is 15.1 Å². The molecule has 1 aliphatic heterocycles. The monoisotopic (exact) mass is 286 g/mol. The minimum Gasteiger partial charge on any atom is -0.338 e. The molecule has 0 saturated carbocycles. The molecule has 0 spiro atoms. The number of aromatic nitrogens is 3. The summed E-state index contributed by atoms with van der Waals surface area (Å²) in [5.74, 6) is 0.175. The summed E-state index contributed by atoms with van der Waals surface area (Å²) in [6, 6.07) is 0. The van der Waals surface area contributed by atoms with Crippen molar-refractivity contribution in [2.45, 2.75) is 25.6 Å². The second-order valence-corrected chi connectivity index (χ2v) is 7.56. The van der Waals surface area contributed by atoms with Gasteiger partial charge in [0.2, 0.25) is 5.91 Å². The molecule has 1 aliphatic rings. The molecule has 1 fully saturated rings. The van der Waals surface area contributed by atoms with Crippen LogP contribution in [0.3, 0.4) is 0 Å². The lowest BCUT2D eigenvalue weighted by molar-refractivity contribution is -0.135. The number of hydrogen-bond donors (Lipinski definition) is 0. The molecule has 1 aromatic heterocycles. The highest BCUT2D eigenvalue weighted by Gasteiger charge is 2.39. The molecule has 7 nitrogen and oxygen atoms in total. The molecule has 2 rings (SSSR count). The van der Waals surface area contributed by atoms with Crippen LogP contribution >= 0.6 is 0 Å². The number of carbonyl (C=O) groups is 1. The summed E-state index contributed by atoms with van der Waals surface area (Å²) in [5.41, 5.74) is 0. The number of carbonyl (C=O) groups excluding carboxylic acids is 1.